The first-order chi connectivity index (χ1) is 15.7. The molecule has 33 heavy (non-hydrogen) atoms. The van der Waals surface area contributed by atoms with Gasteiger partial charge < -0.3 is 9.64 Å². The molecule has 174 valence electrons. The van der Waals surface area contributed by atoms with Gasteiger partial charge in [0.2, 0.25) is 5.88 Å². The average molecular weight is 516 g/mol. The number of aromatic nitrogens is 2. The summed E-state index contributed by atoms with van der Waals surface area (Å²) < 4.78 is 42.3. The third kappa shape index (κ3) is 5.77. The molecule has 1 aromatic carbocycles. The molecule has 0 radical (unpaired) electrons. The zero-order valence-corrected chi connectivity index (χ0v) is 19.4. The largest absolute Gasteiger partial charge is 0.467 e. The highest BCUT2D eigenvalue weighted by Crippen LogP contribution is 2.35. The van der Waals surface area contributed by atoms with E-state index in [0.29, 0.717) is 36.0 Å². The van der Waals surface area contributed by atoms with E-state index in [1.807, 2.05) is 11.4 Å². The number of rotatable bonds is 5. The molecule has 1 aliphatic heterocycles. The summed E-state index contributed by atoms with van der Waals surface area (Å²) in [4.78, 5) is 23.1. The van der Waals surface area contributed by atoms with Crippen molar-refractivity contribution in [2.75, 3.05) is 19.7 Å². The van der Waals surface area contributed by atoms with Crippen LogP contribution in [0.4, 0.5) is 13.2 Å². The minimum absolute atomic E-state index is 0.0244. The molecule has 0 aliphatic carbocycles. The number of halogens is 5. The number of carbonyl (C=O) groups is 1. The number of hydrogen-bond donors (Lipinski definition) is 0. The highest BCUT2D eigenvalue weighted by atomic mass is 35.5. The van der Waals surface area contributed by atoms with E-state index in [1.54, 1.807) is 28.4 Å². The number of carbonyl (C=O) groups excluding carboxylic acids is 1. The van der Waals surface area contributed by atoms with Gasteiger partial charge in [-0.05, 0) is 37.1 Å². The molecule has 0 N–H and O–H groups in total. The van der Waals surface area contributed by atoms with E-state index in [9.17, 15) is 18.0 Å². The zero-order valence-electron chi connectivity index (χ0n) is 17.1. The van der Waals surface area contributed by atoms with Crippen LogP contribution in [0.3, 0.4) is 0 Å². The SMILES string of the molecule is O=C(c1cccnc1OCC(F)(F)F)N1CCC(c2nc(-c3ccc(Cl)c(Cl)c3)cs2)CC1. The van der Waals surface area contributed by atoms with Crippen molar-refractivity contribution in [3.8, 4) is 17.1 Å². The first-order valence-electron chi connectivity index (χ1n) is 10.1. The Balaban J connectivity index is 1.40. The number of ether oxygens (including phenoxy) is 1. The Labute approximate surface area is 202 Å². The van der Waals surface area contributed by atoms with E-state index in [-0.39, 0.29) is 17.4 Å². The average Bonchev–Trinajstić information content (AvgIpc) is 3.29. The first-order valence-corrected chi connectivity index (χ1v) is 11.7. The van der Waals surface area contributed by atoms with E-state index < -0.39 is 18.7 Å². The Kier molecular flexibility index (Phi) is 7.11. The summed E-state index contributed by atoms with van der Waals surface area (Å²) in [5, 5.41) is 3.88. The fraction of sp³-hybridized carbons (Fsp3) is 0.318. The second-order valence-electron chi connectivity index (χ2n) is 7.53. The Morgan fingerprint density at radius 3 is 2.64 bits per heavy atom. The van der Waals surface area contributed by atoms with Crippen LogP contribution in [0, 0.1) is 0 Å². The summed E-state index contributed by atoms with van der Waals surface area (Å²) in [5.74, 6) is -0.520. The molecule has 1 fully saturated rings. The van der Waals surface area contributed by atoms with Crippen LogP contribution in [-0.4, -0.2) is 46.6 Å². The van der Waals surface area contributed by atoms with Gasteiger partial charge >= 0.3 is 6.18 Å². The minimum Gasteiger partial charge on any atom is -0.467 e. The summed E-state index contributed by atoms with van der Waals surface area (Å²) in [6, 6.07) is 8.29. The van der Waals surface area contributed by atoms with Gasteiger partial charge in [-0.2, -0.15) is 13.2 Å². The van der Waals surface area contributed by atoms with Crippen LogP contribution >= 0.6 is 34.5 Å². The van der Waals surface area contributed by atoms with Gasteiger partial charge in [-0.3, -0.25) is 4.79 Å². The molecule has 2 aromatic heterocycles. The summed E-state index contributed by atoms with van der Waals surface area (Å²) in [6.45, 7) is -0.588. The fourth-order valence-electron chi connectivity index (χ4n) is 3.58. The molecule has 5 nitrogen and oxygen atoms in total. The number of likely N-dealkylation sites (tertiary alicyclic amines) is 1. The van der Waals surface area contributed by atoms with Gasteiger partial charge in [-0.25, -0.2) is 9.97 Å². The van der Waals surface area contributed by atoms with E-state index in [2.05, 4.69) is 4.98 Å². The number of thiazole rings is 1. The molecule has 0 unspecified atom stereocenters. The second kappa shape index (κ2) is 9.87. The van der Waals surface area contributed by atoms with Crippen LogP contribution in [-0.2, 0) is 0 Å². The van der Waals surface area contributed by atoms with Gasteiger partial charge in [0.25, 0.3) is 5.91 Å². The molecule has 1 amide bonds. The van der Waals surface area contributed by atoms with Gasteiger partial charge in [0.05, 0.1) is 20.7 Å². The van der Waals surface area contributed by atoms with E-state index >= 15 is 0 Å². The predicted molar refractivity (Wildman–Crippen MR) is 121 cm³/mol. The highest BCUT2D eigenvalue weighted by molar-refractivity contribution is 7.10. The molecule has 11 heteroatoms. The van der Waals surface area contributed by atoms with Crippen molar-refractivity contribution >= 4 is 40.4 Å². The van der Waals surface area contributed by atoms with Gasteiger partial charge in [-0.15, -0.1) is 11.3 Å². The third-order valence-electron chi connectivity index (χ3n) is 5.24. The highest BCUT2D eigenvalue weighted by Gasteiger charge is 2.31. The van der Waals surface area contributed by atoms with E-state index in [0.717, 1.165) is 16.3 Å². The van der Waals surface area contributed by atoms with Gasteiger partial charge in [0.15, 0.2) is 6.61 Å². The van der Waals surface area contributed by atoms with E-state index in [1.165, 1.54) is 18.3 Å². The van der Waals surface area contributed by atoms with Crippen LogP contribution in [0.5, 0.6) is 5.88 Å². The first kappa shape index (κ1) is 23.8. The van der Waals surface area contributed by atoms with Crippen LogP contribution in [0.1, 0.15) is 34.1 Å². The predicted octanol–water partition coefficient (Wildman–Crippen LogP) is 6.47. The molecular weight excluding hydrogens is 498 g/mol. The van der Waals surface area contributed by atoms with Crippen molar-refractivity contribution in [2.24, 2.45) is 0 Å². The molecular formula is C22H18Cl2F3N3O2S. The molecule has 0 saturated carbocycles. The number of hydrogen-bond acceptors (Lipinski definition) is 5. The smallest absolute Gasteiger partial charge is 0.422 e. The van der Waals surface area contributed by atoms with Gasteiger partial charge in [0, 0.05) is 36.1 Å². The number of nitrogens with zero attached hydrogens (tertiary/aromatic N) is 3. The number of benzene rings is 1. The van der Waals surface area contributed by atoms with Crippen LogP contribution in [0.25, 0.3) is 11.3 Å². The lowest BCUT2D eigenvalue weighted by Gasteiger charge is -2.31. The Bertz CT molecular complexity index is 1150. The zero-order chi connectivity index (χ0) is 23.6. The third-order valence-corrected chi connectivity index (χ3v) is 6.99. The lowest BCUT2D eigenvalue weighted by atomic mass is 9.97. The summed E-state index contributed by atoms with van der Waals surface area (Å²) in [6.07, 6.45) is -1.83. The second-order valence-corrected chi connectivity index (χ2v) is 9.23. The monoisotopic (exact) mass is 515 g/mol. The van der Waals surface area contributed by atoms with Crippen molar-refractivity contribution in [2.45, 2.75) is 24.9 Å². The van der Waals surface area contributed by atoms with Crippen molar-refractivity contribution < 1.29 is 22.7 Å². The summed E-state index contributed by atoms with van der Waals surface area (Å²) in [5.41, 5.74) is 1.72. The van der Waals surface area contributed by atoms with Crippen molar-refractivity contribution in [1.29, 1.82) is 0 Å². The maximum absolute atomic E-state index is 12.9. The van der Waals surface area contributed by atoms with Crippen LogP contribution in [0.2, 0.25) is 10.0 Å². The van der Waals surface area contributed by atoms with E-state index in [4.69, 9.17) is 32.9 Å². The summed E-state index contributed by atoms with van der Waals surface area (Å²) in [7, 11) is 0. The van der Waals surface area contributed by atoms with Gasteiger partial charge in [-0.1, -0.05) is 29.3 Å². The van der Waals surface area contributed by atoms with Crippen molar-refractivity contribution in [1.82, 2.24) is 14.9 Å². The number of piperidine rings is 1. The molecule has 3 aromatic rings. The quantitative estimate of drug-likeness (QED) is 0.390. The molecule has 0 spiro atoms. The molecule has 0 atom stereocenters. The molecule has 1 aliphatic rings. The Morgan fingerprint density at radius 2 is 1.94 bits per heavy atom. The lowest BCUT2D eigenvalue weighted by Crippen LogP contribution is -2.38. The van der Waals surface area contributed by atoms with Crippen LogP contribution in [0.15, 0.2) is 41.9 Å². The maximum atomic E-state index is 12.9. The Morgan fingerprint density at radius 1 is 1.18 bits per heavy atom. The molecule has 0 bridgehead atoms. The molecule has 1 saturated heterocycles. The number of pyridine rings is 1. The summed E-state index contributed by atoms with van der Waals surface area (Å²) >= 11 is 13.6. The maximum Gasteiger partial charge on any atom is 0.422 e. The molecule has 3 heterocycles. The lowest BCUT2D eigenvalue weighted by molar-refractivity contribution is -0.154. The minimum atomic E-state index is -4.51. The number of amides is 1. The van der Waals surface area contributed by atoms with Gasteiger partial charge in [0.1, 0.15) is 5.56 Å². The Hall–Kier alpha value is -2.36. The molecule has 4 rings (SSSR count). The fourth-order valence-corrected chi connectivity index (χ4v) is 4.88. The van der Waals surface area contributed by atoms with Crippen molar-refractivity contribution in [3.05, 3.63) is 62.5 Å². The standard InChI is InChI=1S/C22H18Cl2F3N3O2S/c23-16-4-3-14(10-17(16)24)18-11-33-20(29-18)13-5-8-30(9-6-13)21(31)15-2-1-7-28-19(15)32-12-22(25,26)27/h1-4,7,10-11,13H,5-6,8-9,12H2. The number of alkyl halides is 3. The van der Waals surface area contributed by atoms with Crippen LogP contribution < -0.4 is 4.74 Å². The van der Waals surface area contributed by atoms with Crippen molar-refractivity contribution in [3.63, 3.8) is 0 Å². The topological polar surface area (TPSA) is 55.3 Å². The normalized spacial score (nSPS) is 15.0.